The summed E-state index contributed by atoms with van der Waals surface area (Å²) in [7, 11) is 0. The SMILES string of the molecule is Cc1cnc(CC(=O)Nc2cc([C@@H]3CC[C@H](NC(=O)OC(C)C)C3)[nH]n2)o1. The molecule has 27 heavy (non-hydrogen) atoms. The number of ether oxygens (including phenoxy) is 1. The number of anilines is 1. The molecule has 0 unspecified atom stereocenters. The molecule has 9 nitrogen and oxygen atoms in total. The molecule has 3 rings (SSSR count). The molecule has 0 radical (unpaired) electrons. The molecule has 0 saturated heterocycles. The van der Waals surface area contributed by atoms with E-state index >= 15 is 0 Å². The van der Waals surface area contributed by atoms with Crippen molar-refractivity contribution in [2.24, 2.45) is 0 Å². The van der Waals surface area contributed by atoms with E-state index in [0.29, 0.717) is 17.5 Å². The molecule has 1 saturated carbocycles. The zero-order valence-corrected chi connectivity index (χ0v) is 15.7. The van der Waals surface area contributed by atoms with Gasteiger partial charge in [-0.3, -0.25) is 9.89 Å². The Balaban J connectivity index is 1.49. The molecule has 2 atom stereocenters. The monoisotopic (exact) mass is 375 g/mol. The number of oxazole rings is 1. The summed E-state index contributed by atoms with van der Waals surface area (Å²) in [6.45, 7) is 5.42. The lowest BCUT2D eigenvalue weighted by Crippen LogP contribution is -2.34. The third-order valence-corrected chi connectivity index (χ3v) is 4.38. The van der Waals surface area contributed by atoms with E-state index in [0.717, 1.165) is 25.0 Å². The van der Waals surface area contributed by atoms with Crippen LogP contribution in [0.1, 0.15) is 56.4 Å². The topological polar surface area (TPSA) is 122 Å². The van der Waals surface area contributed by atoms with Crippen LogP contribution in [-0.4, -0.2) is 39.3 Å². The number of amides is 2. The molecule has 0 aromatic carbocycles. The summed E-state index contributed by atoms with van der Waals surface area (Å²) in [5.74, 6) is 1.52. The van der Waals surface area contributed by atoms with E-state index in [2.05, 4.69) is 25.8 Å². The predicted molar refractivity (Wildman–Crippen MR) is 97.3 cm³/mol. The Kier molecular flexibility index (Phi) is 5.78. The maximum Gasteiger partial charge on any atom is 0.407 e. The number of rotatable bonds is 6. The molecule has 9 heteroatoms. The fourth-order valence-corrected chi connectivity index (χ4v) is 3.23. The first-order chi connectivity index (χ1) is 12.9. The number of carbonyl (C=O) groups excluding carboxylic acids is 2. The van der Waals surface area contributed by atoms with Crippen molar-refractivity contribution < 1.29 is 18.7 Å². The predicted octanol–water partition coefficient (Wildman–Crippen LogP) is 2.66. The van der Waals surface area contributed by atoms with Gasteiger partial charge in [0.15, 0.2) is 5.82 Å². The average molecular weight is 375 g/mol. The summed E-state index contributed by atoms with van der Waals surface area (Å²) in [4.78, 5) is 27.8. The molecule has 2 aromatic heterocycles. The Hall–Kier alpha value is -2.84. The molecule has 146 valence electrons. The fourth-order valence-electron chi connectivity index (χ4n) is 3.23. The second-order valence-electron chi connectivity index (χ2n) is 7.10. The van der Waals surface area contributed by atoms with Gasteiger partial charge in [0, 0.05) is 23.7 Å². The highest BCUT2D eigenvalue weighted by Crippen LogP contribution is 2.34. The molecule has 0 bridgehead atoms. The summed E-state index contributed by atoms with van der Waals surface area (Å²) < 4.78 is 10.4. The second kappa shape index (κ2) is 8.24. The minimum atomic E-state index is -0.380. The minimum Gasteiger partial charge on any atom is -0.447 e. The van der Waals surface area contributed by atoms with Gasteiger partial charge < -0.3 is 19.8 Å². The molecular formula is C18H25N5O4. The first kappa shape index (κ1) is 18.9. The summed E-state index contributed by atoms with van der Waals surface area (Å²) in [6.07, 6.45) is 3.73. The third-order valence-electron chi connectivity index (χ3n) is 4.38. The molecule has 2 aromatic rings. The van der Waals surface area contributed by atoms with Crippen LogP contribution in [0.15, 0.2) is 16.7 Å². The molecule has 1 aliphatic rings. The van der Waals surface area contributed by atoms with Crippen molar-refractivity contribution in [3.63, 3.8) is 0 Å². The molecule has 0 spiro atoms. The standard InChI is InChI=1S/C18H25N5O4/c1-10(2)26-18(25)20-13-5-4-12(6-13)14-7-15(23-22-14)21-16(24)8-17-19-9-11(3)27-17/h7,9-10,12-13H,4-6,8H2,1-3H3,(H,20,25)(H2,21,22,23,24)/t12-,13+/m1/s1. The third kappa shape index (κ3) is 5.32. The van der Waals surface area contributed by atoms with Crippen LogP contribution in [0, 0.1) is 6.92 Å². The minimum absolute atomic E-state index is 0.0589. The van der Waals surface area contributed by atoms with Crippen molar-refractivity contribution in [1.82, 2.24) is 20.5 Å². The lowest BCUT2D eigenvalue weighted by Gasteiger charge is -2.14. The highest BCUT2D eigenvalue weighted by atomic mass is 16.6. The van der Waals surface area contributed by atoms with Crippen LogP contribution in [0.2, 0.25) is 0 Å². The number of carbonyl (C=O) groups is 2. The van der Waals surface area contributed by atoms with Gasteiger partial charge in [0.25, 0.3) is 0 Å². The van der Waals surface area contributed by atoms with E-state index < -0.39 is 0 Å². The summed E-state index contributed by atoms with van der Waals surface area (Å²) in [5.41, 5.74) is 0.943. The van der Waals surface area contributed by atoms with Crippen LogP contribution in [-0.2, 0) is 16.0 Å². The van der Waals surface area contributed by atoms with Gasteiger partial charge in [0.05, 0.1) is 12.3 Å². The molecule has 2 amide bonds. The summed E-state index contributed by atoms with van der Waals surface area (Å²) in [5, 5.41) is 12.8. The van der Waals surface area contributed by atoms with E-state index in [1.807, 2.05) is 19.9 Å². The average Bonchev–Trinajstić information content (AvgIpc) is 3.28. The lowest BCUT2D eigenvalue weighted by atomic mass is 10.0. The number of H-pyrrole nitrogens is 1. The summed E-state index contributed by atoms with van der Waals surface area (Å²) in [6, 6.07) is 1.91. The van der Waals surface area contributed by atoms with E-state index in [9.17, 15) is 9.59 Å². The molecule has 2 heterocycles. The maximum absolute atomic E-state index is 12.1. The number of alkyl carbamates (subject to hydrolysis) is 1. The van der Waals surface area contributed by atoms with E-state index in [4.69, 9.17) is 9.15 Å². The van der Waals surface area contributed by atoms with Crippen LogP contribution in [0.25, 0.3) is 0 Å². The Bertz CT molecular complexity index is 797. The highest BCUT2D eigenvalue weighted by molar-refractivity contribution is 5.90. The smallest absolute Gasteiger partial charge is 0.407 e. The van der Waals surface area contributed by atoms with Crippen molar-refractivity contribution in [3.05, 3.63) is 29.6 Å². The number of nitrogens with zero attached hydrogens (tertiary/aromatic N) is 2. The van der Waals surface area contributed by atoms with Crippen LogP contribution in [0.3, 0.4) is 0 Å². The lowest BCUT2D eigenvalue weighted by molar-refractivity contribution is -0.115. The van der Waals surface area contributed by atoms with Crippen LogP contribution in [0.5, 0.6) is 0 Å². The van der Waals surface area contributed by atoms with Crippen molar-refractivity contribution in [1.29, 1.82) is 0 Å². The number of aromatic amines is 1. The van der Waals surface area contributed by atoms with Gasteiger partial charge in [-0.2, -0.15) is 5.10 Å². The van der Waals surface area contributed by atoms with Crippen LogP contribution in [0.4, 0.5) is 10.6 Å². The fraction of sp³-hybridized carbons (Fsp3) is 0.556. The van der Waals surface area contributed by atoms with Gasteiger partial charge in [-0.15, -0.1) is 0 Å². The summed E-state index contributed by atoms with van der Waals surface area (Å²) >= 11 is 0. The highest BCUT2D eigenvalue weighted by Gasteiger charge is 2.29. The zero-order chi connectivity index (χ0) is 19.4. The molecular weight excluding hydrogens is 350 g/mol. The molecule has 1 aliphatic carbocycles. The van der Waals surface area contributed by atoms with Crippen molar-refractivity contribution in [2.75, 3.05) is 5.32 Å². The number of aryl methyl sites for hydroxylation is 1. The normalized spacial score (nSPS) is 19.3. The Morgan fingerprint density at radius 1 is 1.41 bits per heavy atom. The Morgan fingerprint density at radius 2 is 2.22 bits per heavy atom. The van der Waals surface area contributed by atoms with Gasteiger partial charge in [0.1, 0.15) is 12.2 Å². The van der Waals surface area contributed by atoms with Crippen molar-refractivity contribution in [2.45, 2.75) is 64.5 Å². The first-order valence-electron chi connectivity index (χ1n) is 9.12. The number of nitrogens with one attached hydrogen (secondary N) is 3. The van der Waals surface area contributed by atoms with Crippen molar-refractivity contribution >= 4 is 17.8 Å². The Labute approximate surface area is 157 Å². The van der Waals surface area contributed by atoms with Crippen LogP contribution >= 0.6 is 0 Å². The molecule has 0 aliphatic heterocycles. The first-order valence-corrected chi connectivity index (χ1v) is 9.12. The van der Waals surface area contributed by atoms with E-state index in [1.54, 1.807) is 13.1 Å². The molecule has 3 N–H and O–H groups in total. The van der Waals surface area contributed by atoms with E-state index in [-0.39, 0.29) is 36.5 Å². The zero-order valence-electron chi connectivity index (χ0n) is 15.7. The Morgan fingerprint density at radius 3 is 2.93 bits per heavy atom. The van der Waals surface area contributed by atoms with Gasteiger partial charge in [-0.1, -0.05) is 0 Å². The number of hydrogen-bond acceptors (Lipinski definition) is 6. The quantitative estimate of drug-likeness (QED) is 0.713. The number of hydrogen-bond donors (Lipinski definition) is 3. The van der Waals surface area contributed by atoms with Gasteiger partial charge in [-0.25, -0.2) is 9.78 Å². The van der Waals surface area contributed by atoms with Crippen LogP contribution < -0.4 is 10.6 Å². The largest absolute Gasteiger partial charge is 0.447 e. The maximum atomic E-state index is 12.1. The van der Waals surface area contributed by atoms with Crippen molar-refractivity contribution in [3.8, 4) is 0 Å². The van der Waals surface area contributed by atoms with E-state index in [1.165, 1.54) is 0 Å². The number of aromatic nitrogens is 3. The van der Waals surface area contributed by atoms with Gasteiger partial charge >= 0.3 is 6.09 Å². The molecule has 1 fully saturated rings. The second-order valence-corrected chi connectivity index (χ2v) is 7.10. The van der Waals surface area contributed by atoms with Gasteiger partial charge in [-0.05, 0) is 40.0 Å². The van der Waals surface area contributed by atoms with Gasteiger partial charge in [0.2, 0.25) is 11.8 Å².